The molecule has 26 heavy (non-hydrogen) atoms. The second-order valence-corrected chi connectivity index (χ2v) is 7.61. The number of aryl methyl sites for hydroxylation is 1. The van der Waals surface area contributed by atoms with E-state index in [0.29, 0.717) is 4.31 Å². The first-order chi connectivity index (χ1) is 12.4. The van der Waals surface area contributed by atoms with E-state index >= 15 is 0 Å². The molecule has 8 heteroatoms. The van der Waals surface area contributed by atoms with E-state index in [0.717, 1.165) is 11.3 Å². The monoisotopic (exact) mass is 374 g/mol. The molecule has 0 unspecified atom stereocenters. The third-order valence-electron chi connectivity index (χ3n) is 3.97. The summed E-state index contributed by atoms with van der Waals surface area (Å²) < 4.78 is 30.9. The van der Waals surface area contributed by atoms with E-state index in [2.05, 4.69) is 5.32 Å². The van der Waals surface area contributed by atoms with Gasteiger partial charge in [0.25, 0.3) is 15.9 Å². The van der Waals surface area contributed by atoms with Crippen molar-refractivity contribution < 1.29 is 22.7 Å². The summed E-state index contributed by atoms with van der Waals surface area (Å²) in [5.41, 5.74) is 1.06. The van der Waals surface area contributed by atoms with Crippen LogP contribution in [0.2, 0.25) is 0 Å². The number of ether oxygens (including phenoxy) is 1. The minimum Gasteiger partial charge on any atom is -0.491 e. The maximum atomic E-state index is 12.4. The summed E-state index contributed by atoms with van der Waals surface area (Å²) in [6, 6.07) is 13.4. The van der Waals surface area contributed by atoms with Crippen LogP contribution in [0, 0.1) is 6.92 Å². The lowest BCUT2D eigenvalue weighted by Gasteiger charge is -2.15. The van der Waals surface area contributed by atoms with Crippen LogP contribution in [0.25, 0.3) is 0 Å². The Kier molecular flexibility index (Phi) is 4.94. The first kappa shape index (κ1) is 17.9. The molecule has 0 bridgehead atoms. The van der Waals surface area contributed by atoms with Crippen LogP contribution in [0.5, 0.6) is 5.75 Å². The number of nitrogens with zero attached hydrogens (tertiary/aromatic N) is 1. The number of hydrogen-bond donors (Lipinski definition) is 1. The van der Waals surface area contributed by atoms with Crippen LogP contribution in [-0.4, -0.2) is 44.2 Å². The summed E-state index contributed by atoms with van der Waals surface area (Å²) in [7, 11) is -3.98. The minimum absolute atomic E-state index is 0.0688. The van der Waals surface area contributed by atoms with Crippen LogP contribution in [0.1, 0.15) is 15.9 Å². The molecule has 1 aliphatic rings. The number of para-hydroxylation sites is 1. The number of carbonyl (C=O) groups is 2. The molecule has 2 aromatic carbocycles. The molecule has 2 amide bonds. The third-order valence-corrected chi connectivity index (χ3v) is 5.76. The third kappa shape index (κ3) is 3.41. The maximum absolute atomic E-state index is 12.4. The second-order valence-electron chi connectivity index (χ2n) is 5.78. The second kappa shape index (κ2) is 7.17. The summed E-state index contributed by atoms with van der Waals surface area (Å²) in [5.74, 6) is -0.537. The summed E-state index contributed by atoms with van der Waals surface area (Å²) >= 11 is 0. The zero-order valence-corrected chi connectivity index (χ0v) is 15.0. The molecule has 7 nitrogen and oxygen atoms in total. The van der Waals surface area contributed by atoms with Crippen molar-refractivity contribution in [3.05, 3.63) is 59.7 Å². The van der Waals surface area contributed by atoms with E-state index in [9.17, 15) is 18.0 Å². The molecular formula is C18H18N2O5S. The number of sulfonamides is 1. The Labute approximate surface area is 151 Å². The lowest BCUT2D eigenvalue weighted by molar-refractivity contribution is -0.121. The molecule has 0 aromatic heterocycles. The molecule has 0 radical (unpaired) electrons. The summed E-state index contributed by atoms with van der Waals surface area (Å²) in [6.45, 7) is 1.79. The largest absolute Gasteiger partial charge is 0.491 e. The number of amides is 2. The number of carbonyl (C=O) groups excluding carboxylic acids is 2. The molecule has 1 aliphatic heterocycles. The van der Waals surface area contributed by atoms with Gasteiger partial charge in [0.1, 0.15) is 23.8 Å². The Morgan fingerprint density at radius 2 is 1.81 bits per heavy atom. The molecule has 0 fully saturated rings. The van der Waals surface area contributed by atoms with Crippen LogP contribution in [0.3, 0.4) is 0 Å². The van der Waals surface area contributed by atoms with Gasteiger partial charge in [-0.15, -0.1) is 0 Å². The van der Waals surface area contributed by atoms with Gasteiger partial charge in [-0.3, -0.25) is 9.59 Å². The van der Waals surface area contributed by atoms with E-state index in [1.54, 1.807) is 6.07 Å². The topological polar surface area (TPSA) is 92.8 Å². The van der Waals surface area contributed by atoms with Crippen molar-refractivity contribution in [3.8, 4) is 5.75 Å². The van der Waals surface area contributed by atoms with Crippen molar-refractivity contribution in [3.63, 3.8) is 0 Å². The number of fused-ring (bicyclic) bond motifs is 1. The fourth-order valence-electron chi connectivity index (χ4n) is 2.64. The zero-order valence-electron chi connectivity index (χ0n) is 14.1. The first-order valence-corrected chi connectivity index (χ1v) is 9.46. The molecule has 1 N–H and O–H groups in total. The van der Waals surface area contributed by atoms with Crippen LogP contribution in [-0.2, 0) is 14.8 Å². The predicted molar refractivity (Wildman–Crippen MR) is 94.3 cm³/mol. The summed E-state index contributed by atoms with van der Waals surface area (Å²) in [4.78, 5) is 24.2. The number of benzene rings is 2. The van der Waals surface area contributed by atoms with Gasteiger partial charge >= 0.3 is 0 Å². The van der Waals surface area contributed by atoms with Crippen molar-refractivity contribution >= 4 is 21.8 Å². The lowest BCUT2D eigenvalue weighted by Crippen LogP contribution is -2.41. The van der Waals surface area contributed by atoms with E-state index in [1.165, 1.54) is 18.2 Å². The van der Waals surface area contributed by atoms with E-state index < -0.39 is 28.4 Å². The Hall–Kier alpha value is -2.87. The fourth-order valence-corrected chi connectivity index (χ4v) is 4.17. The van der Waals surface area contributed by atoms with Gasteiger partial charge in [0.2, 0.25) is 5.91 Å². The van der Waals surface area contributed by atoms with E-state index in [1.807, 2.05) is 31.2 Å². The van der Waals surface area contributed by atoms with Gasteiger partial charge in [-0.05, 0) is 30.7 Å². The molecule has 1 heterocycles. The summed E-state index contributed by atoms with van der Waals surface area (Å²) in [5, 5.41) is 2.56. The average Bonchev–Trinajstić information content (AvgIpc) is 2.81. The van der Waals surface area contributed by atoms with Crippen LogP contribution in [0.4, 0.5) is 0 Å². The van der Waals surface area contributed by atoms with Gasteiger partial charge in [0.05, 0.1) is 12.1 Å². The SMILES string of the molecule is Cc1ccccc1OCCNC(=O)CN1C(=O)c2ccccc2S1(=O)=O. The van der Waals surface area contributed by atoms with E-state index in [4.69, 9.17) is 4.74 Å². The zero-order chi connectivity index (χ0) is 18.7. The summed E-state index contributed by atoms with van der Waals surface area (Å²) in [6.07, 6.45) is 0. The average molecular weight is 374 g/mol. The Balaban J connectivity index is 1.54. The highest BCUT2D eigenvalue weighted by Gasteiger charge is 2.41. The highest BCUT2D eigenvalue weighted by molar-refractivity contribution is 7.90. The molecular weight excluding hydrogens is 356 g/mol. The van der Waals surface area contributed by atoms with Crippen LogP contribution in [0.15, 0.2) is 53.4 Å². The van der Waals surface area contributed by atoms with Crippen molar-refractivity contribution in [1.82, 2.24) is 9.62 Å². The predicted octanol–water partition coefficient (Wildman–Crippen LogP) is 1.33. The smallest absolute Gasteiger partial charge is 0.269 e. The van der Waals surface area contributed by atoms with Crippen molar-refractivity contribution in [2.24, 2.45) is 0 Å². The molecule has 0 atom stereocenters. The molecule has 0 spiro atoms. The maximum Gasteiger partial charge on any atom is 0.269 e. The lowest BCUT2D eigenvalue weighted by atomic mass is 10.2. The highest BCUT2D eigenvalue weighted by Crippen LogP contribution is 2.29. The van der Waals surface area contributed by atoms with Gasteiger partial charge in [-0.2, -0.15) is 0 Å². The van der Waals surface area contributed by atoms with Crippen molar-refractivity contribution in [2.75, 3.05) is 19.7 Å². The highest BCUT2D eigenvalue weighted by atomic mass is 32.2. The van der Waals surface area contributed by atoms with Gasteiger partial charge in [-0.25, -0.2) is 12.7 Å². The molecule has 3 rings (SSSR count). The Bertz CT molecular complexity index is 956. The molecule has 0 saturated heterocycles. The van der Waals surface area contributed by atoms with Gasteiger partial charge in [-0.1, -0.05) is 30.3 Å². The Morgan fingerprint density at radius 3 is 2.54 bits per heavy atom. The minimum atomic E-state index is -3.98. The van der Waals surface area contributed by atoms with Gasteiger partial charge in [0, 0.05) is 0 Å². The molecule has 136 valence electrons. The Morgan fingerprint density at radius 1 is 1.12 bits per heavy atom. The van der Waals surface area contributed by atoms with Crippen LogP contribution >= 0.6 is 0 Å². The van der Waals surface area contributed by atoms with E-state index in [-0.39, 0.29) is 23.6 Å². The van der Waals surface area contributed by atoms with Crippen molar-refractivity contribution in [2.45, 2.75) is 11.8 Å². The van der Waals surface area contributed by atoms with Crippen LogP contribution < -0.4 is 10.1 Å². The first-order valence-electron chi connectivity index (χ1n) is 8.02. The van der Waals surface area contributed by atoms with Crippen molar-refractivity contribution in [1.29, 1.82) is 0 Å². The van der Waals surface area contributed by atoms with Gasteiger partial charge in [0.15, 0.2) is 0 Å². The fraction of sp³-hybridized carbons (Fsp3) is 0.222. The standard InChI is InChI=1S/C18H18N2O5S/c1-13-6-2-4-8-15(13)25-11-10-19-17(21)12-20-18(22)14-7-3-5-9-16(14)26(20,23)24/h2-9H,10-12H2,1H3,(H,19,21). The number of rotatable bonds is 6. The number of nitrogens with one attached hydrogen (secondary N) is 1. The quantitative estimate of drug-likeness (QED) is 0.770. The molecule has 0 aliphatic carbocycles. The normalized spacial score (nSPS) is 14.8. The number of hydrogen-bond acceptors (Lipinski definition) is 5. The molecule has 2 aromatic rings. The van der Waals surface area contributed by atoms with Gasteiger partial charge < -0.3 is 10.1 Å². The molecule has 0 saturated carbocycles.